The zero-order valence-electron chi connectivity index (χ0n) is 14.9. The van der Waals surface area contributed by atoms with E-state index in [0.717, 1.165) is 48.1 Å². The van der Waals surface area contributed by atoms with Gasteiger partial charge in [-0.1, -0.05) is 5.16 Å². The maximum absolute atomic E-state index is 12.5. The fraction of sp³-hybridized carbons (Fsp3) is 0.562. The fourth-order valence-electron chi connectivity index (χ4n) is 2.87. The first-order chi connectivity index (χ1) is 11.6. The van der Waals surface area contributed by atoms with Crippen LogP contribution in [0.2, 0.25) is 0 Å². The Bertz CT molecular complexity index is 694. The Balaban J connectivity index is 0.00000169. The van der Waals surface area contributed by atoms with Gasteiger partial charge in [-0.2, -0.15) is 0 Å². The van der Waals surface area contributed by atoms with Crippen LogP contribution >= 0.6 is 36.2 Å². The number of thiazole rings is 1. The first-order valence-corrected chi connectivity index (χ1v) is 9.04. The molecule has 2 aromatic rings. The standard InChI is InChI=1S/C16H23N5O2S.2ClH/c1-11-13(12(2)23-19-11)9-20-5-7-21(8-6-20)16(22)14-10-24-15(18-14)3-4-17;;/h10H,3-9,17H2,1-2H3;2*1H. The Labute approximate surface area is 169 Å². The van der Waals surface area contributed by atoms with E-state index in [1.165, 1.54) is 11.3 Å². The molecule has 0 aliphatic carbocycles. The van der Waals surface area contributed by atoms with Gasteiger partial charge in [0.2, 0.25) is 0 Å². The van der Waals surface area contributed by atoms with Crippen molar-refractivity contribution in [2.75, 3.05) is 32.7 Å². The van der Waals surface area contributed by atoms with E-state index in [0.29, 0.717) is 25.3 Å². The van der Waals surface area contributed by atoms with Crippen molar-refractivity contribution in [3.63, 3.8) is 0 Å². The molecule has 0 bridgehead atoms. The van der Waals surface area contributed by atoms with Crippen LogP contribution < -0.4 is 5.73 Å². The van der Waals surface area contributed by atoms with Crippen molar-refractivity contribution in [2.45, 2.75) is 26.8 Å². The molecular formula is C16H25Cl2N5O2S. The zero-order chi connectivity index (χ0) is 17.1. The molecule has 3 rings (SSSR count). The number of piperazine rings is 1. The van der Waals surface area contributed by atoms with E-state index in [2.05, 4.69) is 15.0 Å². The fourth-order valence-corrected chi connectivity index (χ4v) is 3.66. The first-order valence-electron chi connectivity index (χ1n) is 8.16. The molecule has 1 fully saturated rings. The summed E-state index contributed by atoms with van der Waals surface area (Å²) in [5.74, 6) is 0.896. The van der Waals surface area contributed by atoms with Gasteiger partial charge in [-0.15, -0.1) is 36.2 Å². The molecule has 0 radical (unpaired) electrons. The monoisotopic (exact) mass is 421 g/mol. The normalized spacial score (nSPS) is 14.7. The number of carbonyl (C=O) groups is 1. The van der Waals surface area contributed by atoms with Gasteiger partial charge in [0.15, 0.2) is 0 Å². The number of hydrogen-bond acceptors (Lipinski definition) is 7. The van der Waals surface area contributed by atoms with Crippen LogP contribution in [-0.4, -0.2) is 58.6 Å². The second-order valence-corrected chi connectivity index (χ2v) is 6.98. The van der Waals surface area contributed by atoms with Gasteiger partial charge < -0.3 is 15.2 Å². The van der Waals surface area contributed by atoms with Crippen LogP contribution in [0, 0.1) is 13.8 Å². The Morgan fingerprint density at radius 1 is 1.27 bits per heavy atom. The summed E-state index contributed by atoms with van der Waals surface area (Å²) in [6.45, 7) is 8.40. The predicted molar refractivity (Wildman–Crippen MR) is 107 cm³/mol. The second kappa shape index (κ2) is 10.2. The molecule has 7 nitrogen and oxygen atoms in total. The molecule has 1 aliphatic heterocycles. The van der Waals surface area contributed by atoms with Gasteiger partial charge in [0.05, 0.1) is 10.7 Å². The molecule has 1 aliphatic rings. The van der Waals surface area contributed by atoms with Crippen LogP contribution in [0.1, 0.15) is 32.5 Å². The summed E-state index contributed by atoms with van der Waals surface area (Å²) in [6.07, 6.45) is 0.725. The summed E-state index contributed by atoms with van der Waals surface area (Å²) >= 11 is 1.51. The second-order valence-electron chi connectivity index (χ2n) is 6.04. The van der Waals surface area contributed by atoms with Crippen molar-refractivity contribution < 1.29 is 9.32 Å². The number of aryl methyl sites for hydroxylation is 2. The van der Waals surface area contributed by atoms with Crippen molar-refractivity contribution in [3.05, 3.63) is 33.1 Å². The quantitative estimate of drug-likeness (QED) is 0.794. The van der Waals surface area contributed by atoms with Crippen molar-refractivity contribution in [1.29, 1.82) is 0 Å². The summed E-state index contributed by atoms with van der Waals surface area (Å²) in [6, 6.07) is 0. The minimum atomic E-state index is 0. The lowest BCUT2D eigenvalue weighted by molar-refractivity contribution is 0.0622. The van der Waals surface area contributed by atoms with Crippen LogP contribution in [0.4, 0.5) is 0 Å². The van der Waals surface area contributed by atoms with E-state index in [9.17, 15) is 4.79 Å². The lowest BCUT2D eigenvalue weighted by Gasteiger charge is -2.34. The van der Waals surface area contributed by atoms with Crippen LogP contribution in [0.5, 0.6) is 0 Å². The van der Waals surface area contributed by atoms with E-state index < -0.39 is 0 Å². The third-order valence-electron chi connectivity index (χ3n) is 4.35. The average molecular weight is 422 g/mol. The van der Waals surface area contributed by atoms with Crippen molar-refractivity contribution in [2.24, 2.45) is 5.73 Å². The van der Waals surface area contributed by atoms with Crippen molar-refractivity contribution in [1.82, 2.24) is 19.9 Å². The summed E-state index contributed by atoms with van der Waals surface area (Å²) < 4.78 is 5.22. The average Bonchev–Trinajstić information content (AvgIpc) is 3.17. The largest absolute Gasteiger partial charge is 0.361 e. The number of amides is 1. The molecule has 3 heterocycles. The Hall–Kier alpha value is -1.19. The molecule has 146 valence electrons. The number of aromatic nitrogens is 2. The van der Waals surface area contributed by atoms with Crippen LogP contribution in [0.25, 0.3) is 0 Å². The van der Waals surface area contributed by atoms with Gasteiger partial charge in [-0.05, 0) is 20.4 Å². The molecule has 0 aromatic carbocycles. The highest BCUT2D eigenvalue weighted by Gasteiger charge is 2.25. The van der Waals surface area contributed by atoms with Gasteiger partial charge in [0, 0.05) is 50.1 Å². The maximum Gasteiger partial charge on any atom is 0.273 e. The number of carbonyl (C=O) groups excluding carboxylic acids is 1. The van der Waals surface area contributed by atoms with Gasteiger partial charge in [-0.3, -0.25) is 9.69 Å². The highest BCUT2D eigenvalue weighted by molar-refractivity contribution is 7.09. The third kappa shape index (κ3) is 5.17. The number of hydrogen-bond donors (Lipinski definition) is 1. The van der Waals surface area contributed by atoms with E-state index in [-0.39, 0.29) is 30.7 Å². The first kappa shape index (κ1) is 22.9. The molecule has 10 heteroatoms. The molecule has 2 N–H and O–H groups in total. The highest BCUT2D eigenvalue weighted by atomic mass is 35.5. The van der Waals surface area contributed by atoms with Crippen LogP contribution in [-0.2, 0) is 13.0 Å². The smallest absolute Gasteiger partial charge is 0.273 e. The number of nitrogens with zero attached hydrogens (tertiary/aromatic N) is 4. The maximum atomic E-state index is 12.5. The van der Waals surface area contributed by atoms with Gasteiger partial charge in [-0.25, -0.2) is 4.98 Å². The summed E-state index contributed by atoms with van der Waals surface area (Å²) in [7, 11) is 0. The molecule has 0 atom stereocenters. The van der Waals surface area contributed by atoms with E-state index >= 15 is 0 Å². The molecule has 0 spiro atoms. The van der Waals surface area contributed by atoms with Crippen LogP contribution in [0.15, 0.2) is 9.90 Å². The summed E-state index contributed by atoms with van der Waals surface area (Å²) in [5, 5.41) is 6.77. The van der Waals surface area contributed by atoms with Crippen molar-refractivity contribution >= 4 is 42.1 Å². The van der Waals surface area contributed by atoms with Crippen LogP contribution in [0.3, 0.4) is 0 Å². The molecular weight excluding hydrogens is 397 g/mol. The number of rotatable bonds is 5. The van der Waals surface area contributed by atoms with Gasteiger partial charge >= 0.3 is 0 Å². The molecule has 2 aromatic heterocycles. The SMILES string of the molecule is Cc1noc(C)c1CN1CCN(C(=O)c2csc(CCN)n2)CC1.Cl.Cl. The molecule has 0 unspecified atom stereocenters. The van der Waals surface area contributed by atoms with E-state index in [1.54, 1.807) is 0 Å². The minimum Gasteiger partial charge on any atom is -0.361 e. The van der Waals surface area contributed by atoms with E-state index in [1.807, 2.05) is 24.1 Å². The highest BCUT2D eigenvalue weighted by Crippen LogP contribution is 2.17. The van der Waals surface area contributed by atoms with E-state index in [4.69, 9.17) is 10.3 Å². The molecule has 0 saturated carbocycles. The third-order valence-corrected chi connectivity index (χ3v) is 5.26. The molecule has 26 heavy (non-hydrogen) atoms. The lowest BCUT2D eigenvalue weighted by Crippen LogP contribution is -2.48. The predicted octanol–water partition coefficient (Wildman–Crippen LogP) is 2.05. The topological polar surface area (TPSA) is 88.5 Å². The summed E-state index contributed by atoms with van der Waals surface area (Å²) in [4.78, 5) is 21.1. The molecule has 1 amide bonds. The minimum absolute atomic E-state index is 0. The van der Waals surface area contributed by atoms with Gasteiger partial charge in [0.25, 0.3) is 5.91 Å². The Morgan fingerprint density at radius 3 is 2.54 bits per heavy atom. The molecule has 1 saturated heterocycles. The summed E-state index contributed by atoms with van der Waals surface area (Å²) in [5.41, 5.74) is 8.18. The lowest BCUT2D eigenvalue weighted by atomic mass is 10.1. The number of nitrogens with two attached hydrogens (primary N) is 1. The Morgan fingerprint density at radius 2 is 1.96 bits per heavy atom. The van der Waals surface area contributed by atoms with Gasteiger partial charge in [0.1, 0.15) is 11.5 Å². The Kier molecular flexibility index (Phi) is 8.99. The van der Waals surface area contributed by atoms with Crippen molar-refractivity contribution in [3.8, 4) is 0 Å². The zero-order valence-corrected chi connectivity index (χ0v) is 17.4. The number of halogens is 2.